The Morgan fingerprint density at radius 1 is 0.913 bits per heavy atom. The Kier molecular flexibility index (Phi) is 2.46. The number of fused-ring (bicyclic) bond motifs is 6. The third-order valence-electron chi connectivity index (χ3n) is 5.32. The lowest BCUT2D eigenvalue weighted by Crippen LogP contribution is -2.29. The molecule has 0 amide bonds. The first kappa shape index (κ1) is 12.8. The van der Waals surface area contributed by atoms with E-state index in [0.717, 1.165) is 24.2 Å². The molecule has 1 aliphatic heterocycles. The van der Waals surface area contributed by atoms with Crippen LogP contribution in [0.4, 0.5) is 5.69 Å². The second-order valence-electron chi connectivity index (χ2n) is 6.49. The van der Waals surface area contributed by atoms with Crippen molar-refractivity contribution in [1.29, 1.82) is 0 Å². The van der Waals surface area contributed by atoms with Crippen LogP contribution in [0.2, 0.25) is 0 Å². The van der Waals surface area contributed by atoms with Crippen LogP contribution >= 0.6 is 0 Å². The summed E-state index contributed by atoms with van der Waals surface area (Å²) in [7, 11) is 0. The van der Waals surface area contributed by atoms with Crippen LogP contribution in [0.25, 0.3) is 0 Å². The summed E-state index contributed by atoms with van der Waals surface area (Å²) in [5.74, 6) is 0.822. The van der Waals surface area contributed by atoms with Gasteiger partial charge in [-0.3, -0.25) is 9.59 Å². The van der Waals surface area contributed by atoms with Crippen LogP contribution in [-0.4, -0.2) is 18.1 Å². The molecule has 3 heteroatoms. The molecule has 2 aliphatic carbocycles. The van der Waals surface area contributed by atoms with Gasteiger partial charge >= 0.3 is 0 Å². The fourth-order valence-corrected chi connectivity index (χ4v) is 4.18. The number of hydrogen-bond acceptors (Lipinski definition) is 3. The highest BCUT2D eigenvalue weighted by Crippen LogP contribution is 2.45. The maximum absolute atomic E-state index is 13.0. The molecule has 3 aliphatic rings. The number of hydrogen-bond donors (Lipinski definition) is 1. The average Bonchev–Trinajstić information content (AvgIpc) is 3.07. The van der Waals surface area contributed by atoms with Gasteiger partial charge in [0.15, 0.2) is 11.6 Å². The largest absolute Gasteiger partial charge is 0.384 e. The van der Waals surface area contributed by atoms with Crippen molar-refractivity contribution >= 4 is 17.3 Å². The van der Waals surface area contributed by atoms with Crippen molar-refractivity contribution in [3.63, 3.8) is 0 Å². The zero-order chi connectivity index (χ0) is 15.6. The third-order valence-corrected chi connectivity index (χ3v) is 5.32. The van der Waals surface area contributed by atoms with E-state index < -0.39 is 0 Å². The maximum Gasteiger partial charge on any atom is 0.196 e. The van der Waals surface area contributed by atoms with Gasteiger partial charge in [0.2, 0.25) is 0 Å². The highest BCUT2D eigenvalue weighted by molar-refractivity contribution is 6.30. The normalized spacial score (nSPS) is 23.7. The van der Waals surface area contributed by atoms with Crippen molar-refractivity contribution in [3.8, 4) is 0 Å². The molecule has 112 valence electrons. The summed E-state index contributed by atoms with van der Waals surface area (Å²) in [5.41, 5.74) is 4.13. The number of anilines is 1. The summed E-state index contributed by atoms with van der Waals surface area (Å²) in [6.45, 7) is 0.851. The molecule has 1 heterocycles. The van der Waals surface area contributed by atoms with Gasteiger partial charge in [0.25, 0.3) is 0 Å². The highest BCUT2D eigenvalue weighted by Gasteiger charge is 2.37. The molecule has 1 N–H and O–H groups in total. The minimum absolute atomic E-state index is 0.0417. The summed E-state index contributed by atoms with van der Waals surface area (Å²) in [5, 5.41) is 3.43. The molecular formula is C20H15NO2. The molecule has 0 unspecified atom stereocenters. The Bertz CT molecular complexity index is 910. The molecule has 0 spiro atoms. The molecule has 0 saturated carbocycles. The van der Waals surface area contributed by atoms with Crippen molar-refractivity contribution in [2.75, 3.05) is 11.9 Å². The topological polar surface area (TPSA) is 46.2 Å². The monoisotopic (exact) mass is 301 g/mol. The van der Waals surface area contributed by atoms with Gasteiger partial charge < -0.3 is 5.32 Å². The average molecular weight is 301 g/mol. The SMILES string of the molecule is O=C1c2ccccc2C(=O)c2c1ccc1c2NC[C@H]2CC=C[C@@H]12. The van der Waals surface area contributed by atoms with Gasteiger partial charge in [-0.15, -0.1) is 0 Å². The number of ketones is 2. The molecule has 2 atom stereocenters. The van der Waals surface area contributed by atoms with Gasteiger partial charge in [-0.25, -0.2) is 0 Å². The van der Waals surface area contributed by atoms with Crippen LogP contribution in [0.3, 0.4) is 0 Å². The van der Waals surface area contributed by atoms with Gasteiger partial charge in [-0.1, -0.05) is 42.5 Å². The number of carbonyl (C=O) groups excluding carboxylic acids is 2. The fraction of sp³-hybridized carbons (Fsp3) is 0.200. The van der Waals surface area contributed by atoms with E-state index in [1.54, 1.807) is 18.2 Å². The van der Waals surface area contributed by atoms with Crippen LogP contribution < -0.4 is 5.32 Å². The lowest BCUT2D eigenvalue weighted by Gasteiger charge is -2.32. The zero-order valence-electron chi connectivity index (χ0n) is 12.5. The molecule has 0 saturated heterocycles. The number of benzene rings is 2. The number of rotatable bonds is 0. The lowest BCUT2D eigenvalue weighted by molar-refractivity contribution is 0.0979. The quantitative estimate of drug-likeness (QED) is 0.646. The van der Waals surface area contributed by atoms with E-state index in [1.165, 1.54) is 0 Å². The first-order chi connectivity index (χ1) is 11.3. The molecule has 3 nitrogen and oxygen atoms in total. The fourth-order valence-electron chi connectivity index (χ4n) is 4.18. The molecule has 0 bridgehead atoms. The summed E-state index contributed by atoms with van der Waals surface area (Å²) < 4.78 is 0. The molecular weight excluding hydrogens is 286 g/mol. The second-order valence-corrected chi connectivity index (χ2v) is 6.49. The minimum Gasteiger partial charge on any atom is -0.384 e. The van der Waals surface area contributed by atoms with Crippen molar-refractivity contribution in [1.82, 2.24) is 0 Å². The molecule has 0 fully saturated rings. The number of allylic oxidation sites excluding steroid dienone is 2. The van der Waals surface area contributed by atoms with Crippen LogP contribution in [0, 0.1) is 5.92 Å². The van der Waals surface area contributed by atoms with Crippen molar-refractivity contribution in [3.05, 3.63) is 76.4 Å². The van der Waals surface area contributed by atoms with Crippen LogP contribution in [-0.2, 0) is 0 Å². The van der Waals surface area contributed by atoms with Gasteiger partial charge in [-0.05, 0) is 24.0 Å². The highest BCUT2D eigenvalue weighted by atomic mass is 16.1. The Hall–Kier alpha value is -2.68. The van der Waals surface area contributed by atoms with Crippen LogP contribution in [0.1, 0.15) is 49.7 Å². The molecule has 0 aromatic heterocycles. The Labute approximate surface area is 134 Å². The van der Waals surface area contributed by atoms with Crippen molar-refractivity contribution in [2.24, 2.45) is 5.92 Å². The van der Waals surface area contributed by atoms with E-state index in [4.69, 9.17) is 0 Å². The third kappa shape index (κ3) is 1.59. The summed E-state index contributed by atoms with van der Waals surface area (Å²) >= 11 is 0. The van der Waals surface area contributed by atoms with Gasteiger partial charge in [0.05, 0.1) is 5.56 Å². The van der Waals surface area contributed by atoms with E-state index >= 15 is 0 Å². The van der Waals surface area contributed by atoms with Crippen LogP contribution in [0.15, 0.2) is 48.6 Å². The van der Waals surface area contributed by atoms with Gasteiger partial charge in [-0.2, -0.15) is 0 Å². The summed E-state index contributed by atoms with van der Waals surface area (Å²) in [4.78, 5) is 25.8. The lowest BCUT2D eigenvalue weighted by atomic mass is 9.77. The zero-order valence-corrected chi connectivity index (χ0v) is 12.5. The van der Waals surface area contributed by atoms with E-state index in [2.05, 4.69) is 17.5 Å². The number of nitrogens with one attached hydrogen (secondary N) is 1. The van der Waals surface area contributed by atoms with Crippen molar-refractivity contribution in [2.45, 2.75) is 12.3 Å². The standard InChI is InChI=1S/C20H15NO2/c22-19-14-5-1-2-6-15(14)20(23)17-16(19)9-8-13-12-7-3-4-11(12)10-21-18(13)17/h1-3,5-9,11-12,21H,4,10H2/t11-,12-/m1/s1. The molecule has 2 aromatic carbocycles. The van der Waals surface area contributed by atoms with Crippen molar-refractivity contribution < 1.29 is 9.59 Å². The van der Waals surface area contributed by atoms with E-state index in [1.807, 2.05) is 18.2 Å². The molecule has 2 aromatic rings. The maximum atomic E-state index is 13.0. The second kappa shape index (κ2) is 4.42. The van der Waals surface area contributed by atoms with Gasteiger partial charge in [0, 0.05) is 34.8 Å². The molecule has 23 heavy (non-hydrogen) atoms. The Morgan fingerprint density at radius 3 is 2.52 bits per heavy atom. The Balaban J connectivity index is 1.77. The predicted octanol–water partition coefficient (Wildman–Crippen LogP) is 3.55. The first-order valence-electron chi connectivity index (χ1n) is 8.01. The minimum atomic E-state index is -0.0520. The van der Waals surface area contributed by atoms with Crippen LogP contribution in [0.5, 0.6) is 0 Å². The smallest absolute Gasteiger partial charge is 0.196 e. The summed E-state index contributed by atoms with van der Waals surface area (Å²) in [6, 6.07) is 11.0. The molecule has 5 rings (SSSR count). The molecule has 0 radical (unpaired) electrons. The van der Waals surface area contributed by atoms with E-state index in [9.17, 15) is 9.59 Å². The van der Waals surface area contributed by atoms with E-state index in [0.29, 0.717) is 34.1 Å². The Morgan fingerprint density at radius 2 is 1.70 bits per heavy atom. The van der Waals surface area contributed by atoms with Gasteiger partial charge in [0.1, 0.15) is 0 Å². The van der Waals surface area contributed by atoms with E-state index in [-0.39, 0.29) is 11.6 Å². The predicted molar refractivity (Wildman–Crippen MR) is 88.2 cm³/mol. The summed E-state index contributed by atoms with van der Waals surface area (Å²) in [6.07, 6.45) is 5.53. The number of carbonyl (C=O) groups is 2. The first-order valence-corrected chi connectivity index (χ1v) is 8.01.